The Bertz CT molecular complexity index is 301. The molecule has 0 bridgehead atoms. The lowest BCUT2D eigenvalue weighted by Crippen LogP contribution is -2.02. The highest BCUT2D eigenvalue weighted by atomic mass is 79.9. The van der Waals surface area contributed by atoms with Crippen molar-refractivity contribution in [2.45, 2.75) is 12.8 Å². The molecule has 4 heteroatoms. The first kappa shape index (κ1) is 10.2. The van der Waals surface area contributed by atoms with E-state index in [1.54, 1.807) is 0 Å². The molecule has 0 aromatic heterocycles. The van der Waals surface area contributed by atoms with E-state index in [1.807, 2.05) is 24.3 Å². The number of benzene rings is 1. The Morgan fingerprint density at radius 3 is 2.69 bits per heavy atom. The third-order valence-corrected chi connectivity index (χ3v) is 2.52. The van der Waals surface area contributed by atoms with Crippen LogP contribution in [0.1, 0.15) is 12.0 Å². The van der Waals surface area contributed by atoms with Gasteiger partial charge in [-0.15, -0.1) is 0 Å². The summed E-state index contributed by atoms with van der Waals surface area (Å²) in [4.78, 5) is 9.79. The fraction of sp³-hybridized carbons (Fsp3) is 0.333. The van der Waals surface area contributed by atoms with Crippen molar-refractivity contribution in [3.05, 3.63) is 44.4 Å². The number of rotatable bonds is 4. The Morgan fingerprint density at radius 2 is 2.08 bits per heavy atom. The zero-order valence-electron chi connectivity index (χ0n) is 7.07. The zero-order chi connectivity index (χ0) is 9.68. The molecule has 3 nitrogen and oxygen atoms in total. The van der Waals surface area contributed by atoms with Crippen LogP contribution in [-0.2, 0) is 6.42 Å². The van der Waals surface area contributed by atoms with Crippen molar-refractivity contribution in [3.8, 4) is 0 Å². The van der Waals surface area contributed by atoms with E-state index in [0.29, 0.717) is 6.42 Å². The van der Waals surface area contributed by atoms with Gasteiger partial charge in [0.2, 0.25) is 6.54 Å². The van der Waals surface area contributed by atoms with Crippen LogP contribution in [0.4, 0.5) is 0 Å². The number of hydrogen-bond donors (Lipinski definition) is 0. The summed E-state index contributed by atoms with van der Waals surface area (Å²) in [7, 11) is 0. The minimum absolute atomic E-state index is 0.0430. The van der Waals surface area contributed by atoms with Crippen molar-refractivity contribution in [1.82, 2.24) is 0 Å². The topological polar surface area (TPSA) is 43.1 Å². The summed E-state index contributed by atoms with van der Waals surface area (Å²) in [5.74, 6) is 0. The Morgan fingerprint density at radius 1 is 1.38 bits per heavy atom. The average molecular weight is 244 g/mol. The summed E-state index contributed by atoms with van der Waals surface area (Å²) in [6.07, 6.45) is 1.35. The van der Waals surface area contributed by atoms with Gasteiger partial charge in [0, 0.05) is 15.8 Å². The molecule has 0 unspecified atom stereocenters. The van der Waals surface area contributed by atoms with E-state index in [0.717, 1.165) is 16.5 Å². The highest BCUT2D eigenvalue weighted by molar-refractivity contribution is 9.10. The number of halogens is 1. The molecule has 0 heterocycles. The number of aryl methyl sites for hydroxylation is 1. The van der Waals surface area contributed by atoms with Crippen LogP contribution in [0.15, 0.2) is 28.7 Å². The van der Waals surface area contributed by atoms with E-state index in [9.17, 15) is 10.1 Å². The van der Waals surface area contributed by atoms with E-state index in [2.05, 4.69) is 15.9 Å². The minimum Gasteiger partial charge on any atom is -0.265 e. The molecule has 0 N–H and O–H groups in total. The standard InChI is InChI=1S/C9H10BrNO2/c10-9-6-2-1-4-8(9)5-3-7-11(12)13/h1-2,4,6H,3,5,7H2. The predicted molar refractivity (Wildman–Crippen MR) is 54.3 cm³/mol. The maximum Gasteiger partial charge on any atom is 0.204 e. The Hall–Kier alpha value is -0.900. The molecule has 0 fully saturated rings. The van der Waals surface area contributed by atoms with Crippen molar-refractivity contribution < 1.29 is 4.92 Å². The molecule has 1 aromatic carbocycles. The molecule has 0 saturated heterocycles. The molecule has 70 valence electrons. The third kappa shape index (κ3) is 3.55. The van der Waals surface area contributed by atoms with Gasteiger partial charge in [-0.1, -0.05) is 34.1 Å². The molecule has 0 spiro atoms. The summed E-state index contributed by atoms with van der Waals surface area (Å²) in [6, 6.07) is 7.79. The van der Waals surface area contributed by atoms with Crippen LogP contribution in [-0.4, -0.2) is 11.5 Å². The second kappa shape index (κ2) is 4.97. The second-order valence-corrected chi connectivity index (χ2v) is 3.61. The van der Waals surface area contributed by atoms with Crippen LogP contribution in [0.3, 0.4) is 0 Å². The highest BCUT2D eigenvalue weighted by Crippen LogP contribution is 2.17. The van der Waals surface area contributed by atoms with E-state index in [4.69, 9.17) is 0 Å². The second-order valence-electron chi connectivity index (χ2n) is 2.75. The summed E-state index contributed by atoms with van der Waals surface area (Å²) in [5.41, 5.74) is 1.13. The van der Waals surface area contributed by atoms with Crippen LogP contribution >= 0.6 is 15.9 Å². The molecule has 0 aliphatic heterocycles. The Balaban J connectivity index is 2.45. The monoisotopic (exact) mass is 243 g/mol. The lowest BCUT2D eigenvalue weighted by atomic mass is 10.1. The molecule has 1 aromatic rings. The first-order chi connectivity index (χ1) is 6.20. The van der Waals surface area contributed by atoms with Gasteiger partial charge in [-0.25, -0.2) is 0 Å². The predicted octanol–water partition coefficient (Wildman–Crippen LogP) is 2.66. The summed E-state index contributed by atoms with van der Waals surface area (Å²) < 4.78 is 1.03. The van der Waals surface area contributed by atoms with E-state index in [-0.39, 0.29) is 11.5 Å². The first-order valence-corrected chi connectivity index (χ1v) is 4.84. The molecular weight excluding hydrogens is 234 g/mol. The van der Waals surface area contributed by atoms with Crippen LogP contribution < -0.4 is 0 Å². The summed E-state index contributed by atoms with van der Waals surface area (Å²) in [6.45, 7) is 0.0430. The lowest BCUT2D eigenvalue weighted by Gasteiger charge is -2.00. The molecule has 0 saturated carbocycles. The van der Waals surface area contributed by atoms with E-state index >= 15 is 0 Å². The van der Waals surface area contributed by atoms with Gasteiger partial charge in [-0.05, 0) is 18.1 Å². The quantitative estimate of drug-likeness (QED) is 0.603. The average Bonchev–Trinajstić information content (AvgIpc) is 2.08. The van der Waals surface area contributed by atoms with Gasteiger partial charge in [0.1, 0.15) is 0 Å². The van der Waals surface area contributed by atoms with Crippen molar-refractivity contribution >= 4 is 15.9 Å². The van der Waals surface area contributed by atoms with Gasteiger partial charge in [-0.3, -0.25) is 10.1 Å². The van der Waals surface area contributed by atoms with Gasteiger partial charge < -0.3 is 0 Å². The molecule has 0 amide bonds. The normalized spacial score (nSPS) is 9.92. The molecule has 0 aliphatic carbocycles. The summed E-state index contributed by atoms with van der Waals surface area (Å²) in [5, 5.41) is 10.1. The van der Waals surface area contributed by atoms with Gasteiger partial charge in [0.15, 0.2) is 0 Å². The maximum atomic E-state index is 10.1. The first-order valence-electron chi connectivity index (χ1n) is 4.05. The van der Waals surface area contributed by atoms with Crippen molar-refractivity contribution in [2.24, 2.45) is 0 Å². The third-order valence-electron chi connectivity index (χ3n) is 1.74. The fourth-order valence-electron chi connectivity index (χ4n) is 1.10. The molecule has 1 rings (SSSR count). The Kier molecular flexibility index (Phi) is 3.89. The Labute approximate surface area is 85.0 Å². The molecule has 0 radical (unpaired) electrons. The van der Waals surface area contributed by atoms with Gasteiger partial charge in [0.25, 0.3) is 0 Å². The minimum atomic E-state index is -0.281. The van der Waals surface area contributed by atoms with Crippen molar-refractivity contribution in [1.29, 1.82) is 0 Å². The number of nitro groups is 1. The lowest BCUT2D eigenvalue weighted by molar-refractivity contribution is -0.480. The molecule has 0 atom stereocenters. The number of hydrogen-bond acceptors (Lipinski definition) is 2. The van der Waals surface area contributed by atoms with Gasteiger partial charge >= 0.3 is 0 Å². The highest BCUT2D eigenvalue weighted by Gasteiger charge is 2.01. The van der Waals surface area contributed by atoms with Gasteiger partial charge in [-0.2, -0.15) is 0 Å². The van der Waals surface area contributed by atoms with Crippen molar-refractivity contribution in [3.63, 3.8) is 0 Å². The fourth-order valence-corrected chi connectivity index (χ4v) is 1.58. The van der Waals surface area contributed by atoms with Crippen LogP contribution in [0.25, 0.3) is 0 Å². The zero-order valence-corrected chi connectivity index (χ0v) is 8.66. The number of nitrogens with zero attached hydrogens (tertiary/aromatic N) is 1. The molecule has 0 aliphatic rings. The maximum absolute atomic E-state index is 10.1. The SMILES string of the molecule is O=[N+]([O-])CCCc1ccccc1Br. The van der Waals surface area contributed by atoms with E-state index in [1.165, 1.54) is 0 Å². The van der Waals surface area contributed by atoms with Crippen LogP contribution in [0.5, 0.6) is 0 Å². The van der Waals surface area contributed by atoms with Crippen molar-refractivity contribution in [2.75, 3.05) is 6.54 Å². The molecule has 13 heavy (non-hydrogen) atoms. The van der Waals surface area contributed by atoms with E-state index < -0.39 is 0 Å². The van der Waals surface area contributed by atoms with Gasteiger partial charge in [0.05, 0.1) is 0 Å². The summed E-state index contributed by atoms with van der Waals surface area (Å²) >= 11 is 3.39. The largest absolute Gasteiger partial charge is 0.265 e. The smallest absolute Gasteiger partial charge is 0.204 e. The van der Waals surface area contributed by atoms with Crippen LogP contribution in [0.2, 0.25) is 0 Å². The molecular formula is C9H10BrNO2. The van der Waals surface area contributed by atoms with Crippen LogP contribution in [0, 0.1) is 10.1 Å².